The summed E-state index contributed by atoms with van der Waals surface area (Å²) in [5.41, 5.74) is 0.832. The summed E-state index contributed by atoms with van der Waals surface area (Å²) >= 11 is 0. The Labute approximate surface area is 187 Å². The maximum Gasteiger partial charge on any atom is 0.458 e. The average Bonchev–Trinajstić information content (AvgIpc) is 2.77. The number of alkyl halides is 3. The molecule has 33 heavy (non-hydrogen) atoms. The van der Waals surface area contributed by atoms with E-state index in [1.54, 1.807) is 0 Å². The molecule has 1 aliphatic heterocycles. The third-order valence-electron chi connectivity index (χ3n) is 5.05. The second-order valence-corrected chi connectivity index (χ2v) is 7.81. The zero-order valence-electron chi connectivity index (χ0n) is 17.5. The van der Waals surface area contributed by atoms with E-state index < -0.39 is 29.7 Å². The van der Waals surface area contributed by atoms with Crippen molar-refractivity contribution in [1.82, 2.24) is 0 Å². The van der Waals surface area contributed by atoms with Crippen LogP contribution in [0.4, 0.5) is 22.0 Å². The highest BCUT2D eigenvalue weighted by Crippen LogP contribution is 2.29. The van der Waals surface area contributed by atoms with Crippen LogP contribution in [0.5, 0.6) is 5.75 Å². The van der Waals surface area contributed by atoms with Crippen LogP contribution in [0.15, 0.2) is 48.5 Å². The van der Waals surface area contributed by atoms with Gasteiger partial charge in [-0.2, -0.15) is 13.2 Å². The van der Waals surface area contributed by atoms with Gasteiger partial charge in [-0.3, -0.25) is 0 Å². The van der Waals surface area contributed by atoms with Crippen LogP contribution in [-0.4, -0.2) is 19.4 Å². The SMILES string of the molecule is CC1COC(c2ccc(COc3ccc4c(F)c(C#CC(F)(F)F)c(F)cc4c3)cc2)OC1. The summed E-state index contributed by atoms with van der Waals surface area (Å²) in [5, 5.41) is 0.0950. The van der Waals surface area contributed by atoms with Crippen molar-refractivity contribution in [3.8, 4) is 17.6 Å². The molecule has 0 aromatic heterocycles. The first-order valence-electron chi connectivity index (χ1n) is 10.2. The molecule has 0 radical (unpaired) electrons. The lowest BCUT2D eigenvalue weighted by atomic mass is 10.0. The molecule has 1 saturated heterocycles. The molecule has 1 fully saturated rings. The normalized spacial score (nSPS) is 18.6. The summed E-state index contributed by atoms with van der Waals surface area (Å²) in [5.74, 6) is 0.811. The van der Waals surface area contributed by atoms with Gasteiger partial charge < -0.3 is 14.2 Å². The Morgan fingerprint density at radius 3 is 2.36 bits per heavy atom. The number of benzene rings is 3. The van der Waals surface area contributed by atoms with Crippen molar-refractivity contribution in [2.45, 2.75) is 26.0 Å². The van der Waals surface area contributed by atoms with E-state index in [0.29, 0.717) is 24.9 Å². The summed E-state index contributed by atoms with van der Waals surface area (Å²) in [4.78, 5) is 0. The van der Waals surface area contributed by atoms with Crippen LogP contribution < -0.4 is 4.74 Å². The molecule has 0 bridgehead atoms. The molecule has 0 aliphatic carbocycles. The predicted octanol–water partition coefficient (Wildman–Crippen LogP) is 6.29. The van der Waals surface area contributed by atoms with E-state index >= 15 is 0 Å². The van der Waals surface area contributed by atoms with Crippen LogP contribution in [-0.2, 0) is 16.1 Å². The van der Waals surface area contributed by atoms with Crippen molar-refractivity contribution >= 4 is 10.8 Å². The lowest BCUT2D eigenvalue weighted by molar-refractivity contribution is -0.202. The van der Waals surface area contributed by atoms with Gasteiger partial charge in [0.1, 0.15) is 24.0 Å². The Balaban J connectivity index is 1.46. The van der Waals surface area contributed by atoms with Crippen molar-refractivity contribution in [1.29, 1.82) is 0 Å². The van der Waals surface area contributed by atoms with E-state index in [1.165, 1.54) is 24.1 Å². The fraction of sp³-hybridized carbons (Fsp3) is 0.280. The van der Waals surface area contributed by atoms with Gasteiger partial charge in [0, 0.05) is 22.8 Å². The fourth-order valence-electron chi connectivity index (χ4n) is 3.38. The maximum absolute atomic E-state index is 14.5. The standard InChI is InChI=1S/C25H19F5O3/c1-15-12-32-24(33-13-15)17-4-2-16(3-5-17)14-31-19-6-7-20-18(10-19)11-22(26)21(23(20)27)8-9-25(28,29)30/h2-7,10-11,15,24H,12-14H2,1H3. The predicted molar refractivity (Wildman–Crippen MR) is 111 cm³/mol. The van der Waals surface area contributed by atoms with Gasteiger partial charge in [0.2, 0.25) is 0 Å². The van der Waals surface area contributed by atoms with E-state index in [-0.39, 0.29) is 17.4 Å². The van der Waals surface area contributed by atoms with E-state index in [1.807, 2.05) is 31.2 Å². The molecule has 3 aromatic carbocycles. The molecule has 0 N–H and O–H groups in total. The van der Waals surface area contributed by atoms with Gasteiger partial charge in [-0.25, -0.2) is 8.78 Å². The molecular weight excluding hydrogens is 443 g/mol. The molecular formula is C25H19F5O3. The van der Waals surface area contributed by atoms with Crippen LogP contribution in [0.25, 0.3) is 10.8 Å². The highest BCUT2D eigenvalue weighted by atomic mass is 19.4. The Morgan fingerprint density at radius 2 is 1.70 bits per heavy atom. The largest absolute Gasteiger partial charge is 0.489 e. The first kappa shape index (κ1) is 23.0. The number of ether oxygens (including phenoxy) is 3. The Kier molecular flexibility index (Phi) is 6.54. The van der Waals surface area contributed by atoms with Crippen molar-refractivity contribution in [3.63, 3.8) is 0 Å². The zero-order valence-corrected chi connectivity index (χ0v) is 17.5. The molecule has 3 aromatic rings. The summed E-state index contributed by atoms with van der Waals surface area (Å²) in [7, 11) is 0. The molecule has 0 spiro atoms. The maximum atomic E-state index is 14.5. The minimum absolute atomic E-state index is 0.0543. The minimum atomic E-state index is -4.85. The number of rotatable bonds is 4. The van der Waals surface area contributed by atoms with Gasteiger partial charge in [0.15, 0.2) is 6.29 Å². The molecule has 3 nitrogen and oxygen atoms in total. The minimum Gasteiger partial charge on any atom is -0.489 e. The summed E-state index contributed by atoms with van der Waals surface area (Å²) in [6.07, 6.45) is -5.24. The van der Waals surface area contributed by atoms with Gasteiger partial charge in [-0.15, -0.1) is 0 Å². The molecule has 0 atom stereocenters. The number of fused-ring (bicyclic) bond motifs is 1. The smallest absolute Gasteiger partial charge is 0.458 e. The van der Waals surface area contributed by atoms with Gasteiger partial charge in [0.25, 0.3) is 0 Å². The second-order valence-electron chi connectivity index (χ2n) is 7.81. The van der Waals surface area contributed by atoms with Gasteiger partial charge in [-0.1, -0.05) is 37.1 Å². The van der Waals surface area contributed by atoms with Crippen molar-refractivity contribution < 1.29 is 36.2 Å². The second kappa shape index (κ2) is 9.38. The number of hydrogen-bond acceptors (Lipinski definition) is 3. The van der Waals surface area contributed by atoms with E-state index in [2.05, 4.69) is 0 Å². The van der Waals surface area contributed by atoms with Crippen molar-refractivity contribution in [2.75, 3.05) is 13.2 Å². The number of hydrogen-bond donors (Lipinski definition) is 0. The van der Waals surface area contributed by atoms with E-state index in [4.69, 9.17) is 14.2 Å². The van der Waals surface area contributed by atoms with E-state index in [0.717, 1.165) is 23.1 Å². The monoisotopic (exact) mass is 462 g/mol. The molecule has 1 heterocycles. The Bertz CT molecular complexity index is 1200. The highest BCUT2D eigenvalue weighted by molar-refractivity contribution is 5.86. The summed E-state index contributed by atoms with van der Waals surface area (Å²) in [6.45, 7) is 3.52. The van der Waals surface area contributed by atoms with Gasteiger partial charge >= 0.3 is 6.18 Å². The van der Waals surface area contributed by atoms with Crippen LogP contribution >= 0.6 is 0 Å². The zero-order chi connectivity index (χ0) is 23.6. The first-order valence-corrected chi connectivity index (χ1v) is 10.2. The fourth-order valence-corrected chi connectivity index (χ4v) is 3.38. The van der Waals surface area contributed by atoms with Crippen LogP contribution in [0.1, 0.15) is 29.9 Å². The molecule has 172 valence electrons. The Hall–Kier alpha value is -3.15. The topological polar surface area (TPSA) is 27.7 Å². The molecule has 1 aliphatic rings. The van der Waals surface area contributed by atoms with E-state index in [9.17, 15) is 22.0 Å². The third-order valence-corrected chi connectivity index (χ3v) is 5.05. The quantitative estimate of drug-likeness (QED) is 0.337. The molecule has 8 heteroatoms. The lowest BCUT2D eigenvalue weighted by Gasteiger charge is -2.27. The van der Waals surface area contributed by atoms with Crippen molar-refractivity contribution in [3.05, 3.63) is 76.9 Å². The molecule has 0 amide bonds. The summed E-state index contributed by atoms with van der Waals surface area (Å²) < 4.78 is 82.6. The van der Waals surface area contributed by atoms with Crippen LogP contribution in [0.2, 0.25) is 0 Å². The molecule has 4 rings (SSSR count). The van der Waals surface area contributed by atoms with Gasteiger partial charge in [-0.05, 0) is 35.2 Å². The van der Waals surface area contributed by atoms with Crippen LogP contribution in [0.3, 0.4) is 0 Å². The van der Waals surface area contributed by atoms with Crippen molar-refractivity contribution in [2.24, 2.45) is 5.92 Å². The molecule has 0 unspecified atom stereocenters. The van der Waals surface area contributed by atoms with Crippen LogP contribution in [0, 0.1) is 29.4 Å². The highest BCUT2D eigenvalue weighted by Gasteiger charge is 2.24. The summed E-state index contributed by atoms with van der Waals surface area (Å²) in [6, 6.07) is 12.6. The lowest BCUT2D eigenvalue weighted by Crippen LogP contribution is -2.24. The average molecular weight is 462 g/mol. The van der Waals surface area contributed by atoms with Gasteiger partial charge in [0.05, 0.1) is 18.8 Å². The third kappa shape index (κ3) is 5.62. The molecule has 0 saturated carbocycles. The first-order chi connectivity index (χ1) is 15.7. The number of halogens is 5. The Morgan fingerprint density at radius 1 is 1.00 bits per heavy atom.